The van der Waals surface area contributed by atoms with Crippen molar-refractivity contribution < 1.29 is 4.42 Å². The van der Waals surface area contributed by atoms with Crippen LogP contribution in [0.3, 0.4) is 0 Å². The summed E-state index contributed by atoms with van der Waals surface area (Å²) in [6, 6.07) is 4.14. The van der Waals surface area contributed by atoms with Gasteiger partial charge < -0.3 is 9.73 Å². The molecule has 0 atom stereocenters. The van der Waals surface area contributed by atoms with Crippen LogP contribution in [-0.4, -0.2) is 7.05 Å². The highest BCUT2D eigenvalue weighted by Crippen LogP contribution is 2.30. The van der Waals surface area contributed by atoms with Gasteiger partial charge in [-0.2, -0.15) is 0 Å². The number of furan rings is 1. The molecule has 1 heterocycles. The molecule has 2 nitrogen and oxygen atoms in total. The SMILES string of the molecule is CNc1c(C)cc(C)c2occc12. The van der Waals surface area contributed by atoms with Crippen molar-refractivity contribution in [1.29, 1.82) is 0 Å². The Bertz CT molecular complexity index is 443. The molecule has 0 amide bonds. The van der Waals surface area contributed by atoms with Gasteiger partial charge in [0.2, 0.25) is 0 Å². The van der Waals surface area contributed by atoms with Gasteiger partial charge in [0.1, 0.15) is 5.58 Å². The molecule has 0 fully saturated rings. The van der Waals surface area contributed by atoms with E-state index in [0.29, 0.717) is 0 Å². The van der Waals surface area contributed by atoms with E-state index in [4.69, 9.17) is 4.42 Å². The number of hydrogen-bond acceptors (Lipinski definition) is 2. The van der Waals surface area contributed by atoms with Gasteiger partial charge in [-0.05, 0) is 31.0 Å². The van der Waals surface area contributed by atoms with E-state index >= 15 is 0 Å². The molecule has 13 heavy (non-hydrogen) atoms. The molecule has 0 unspecified atom stereocenters. The fourth-order valence-electron chi connectivity index (χ4n) is 1.82. The Morgan fingerprint density at radius 3 is 2.69 bits per heavy atom. The van der Waals surface area contributed by atoms with Crippen LogP contribution in [0.15, 0.2) is 22.8 Å². The van der Waals surface area contributed by atoms with Gasteiger partial charge in [0.15, 0.2) is 0 Å². The number of benzene rings is 1. The van der Waals surface area contributed by atoms with Gasteiger partial charge >= 0.3 is 0 Å². The molecule has 0 saturated heterocycles. The molecule has 0 spiro atoms. The zero-order valence-electron chi connectivity index (χ0n) is 8.14. The zero-order chi connectivity index (χ0) is 9.42. The summed E-state index contributed by atoms with van der Waals surface area (Å²) in [5, 5.41) is 4.36. The van der Waals surface area contributed by atoms with Crippen LogP contribution in [0.2, 0.25) is 0 Å². The minimum absolute atomic E-state index is 0.981. The minimum Gasteiger partial charge on any atom is -0.464 e. The van der Waals surface area contributed by atoms with E-state index < -0.39 is 0 Å². The molecule has 1 aromatic carbocycles. The van der Waals surface area contributed by atoms with Crippen LogP contribution >= 0.6 is 0 Å². The fraction of sp³-hybridized carbons (Fsp3) is 0.273. The second-order valence-electron chi connectivity index (χ2n) is 3.30. The first kappa shape index (κ1) is 8.17. The smallest absolute Gasteiger partial charge is 0.138 e. The van der Waals surface area contributed by atoms with Crippen molar-refractivity contribution in [2.45, 2.75) is 13.8 Å². The lowest BCUT2D eigenvalue weighted by Crippen LogP contribution is -1.93. The average Bonchev–Trinajstić information content (AvgIpc) is 2.53. The predicted octanol–water partition coefficient (Wildman–Crippen LogP) is 3.09. The average molecular weight is 175 g/mol. The highest BCUT2D eigenvalue weighted by Gasteiger charge is 2.07. The molecule has 0 bridgehead atoms. The quantitative estimate of drug-likeness (QED) is 0.720. The summed E-state index contributed by atoms with van der Waals surface area (Å²) < 4.78 is 5.41. The van der Waals surface area contributed by atoms with Crippen molar-refractivity contribution in [1.82, 2.24) is 0 Å². The molecule has 0 radical (unpaired) electrons. The minimum atomic E-state index is 0.981. The van der Waals surface area contributed by atoms with E-state index in [1.807, 2.05) is 13.1 Å². The van der Waals surface area contributed by atoms with Gasteiger partial charge in [-0.15, -0.1) is 0 Å². The van der Waals surface area contributed by atoms with Crippen molar-refractivity contribution in [3.63, 3.8) is 0 Å². The van der Waals surface area contributed by atoms with Crippen molar-refractivity contribution in [3.05, 3.63) is 29.5 Å². The van der Waals surface area contributed by atoms with Crippen LogP contribution in [-0.2, 0) is 0 Å². The first-order valence-electron chi connectivity index (χ1n) is 4.39. The second kappa shape index (κ2) is 2.80. The molecule has 0 aliphatic carbocycles. The van der Waals surface area contributed by atoms with E-state index in [1.165, 1.54) is 16.5 Å². The van der Waals surface area contributed by atoms with Gasteiger partial charge in [-0.1, -0.05) is 6.07 Å². The molecule has 0 saturated carbocycles. The Kier molecular flexibility index (Phi) is 1.76. The highest BCUT2D eigenvalue weighted by atomic mass is 16.3. The first-order chi connectivity index (χ1) is 6.24. The third kappa shape index (κ3) is 1.10. The van der Waals surface area contributed by atoms with Gasteiger partial charge in [0.05, 0.1) is 6.26 Å². The molecule has 0 aliphatic heterocycles. The molecule has 68 valence electrons. The third-order valence-electron chi connectivity index (χ3n) is 2.37. The molecular weight excluding hydrogens is 162 g/mol. The predicted molar refractivity (Wildman–Crippen MR) is 55.2 cm³/mol. The van der Waals surface area contributed by atoms with Gasteiger partial charge in [0.25, 0.3) is 0 Å². The number of nitrogens with one attached hydrogen (secondary N) is 1. The highest BCUT2D eigenvalue weighted by molar-refractivity contribution is 5.94. The van der Waals surface area contributed by atoms with Crippen molar-refractivity contribution in [3.8, 4) is 0 Å². The van der Waals surface area contributed by atoms with Crippen molar-refractivity contribution >= 4 is 16.7 Å². The summed E-state index contributed by atoms with van der Waals surface area (Å²) >= 11 is 0. The lowest BCUT2D eigenvalue weighted by atomic mass is 10.1. The third-order valence-corrected chi connectivity index (χ3v) is 2.37. The van der Waals surface area contributed by atoms with Gasteiger partial charge in [-0.3, -0.25) is 0 Å². The van der Waals surface area contributed by atoms with Crippen molar-refractivity contribution in [2.24, 2.45) is 0 Å². The van der Waals surface area contributed by atoms with Gasteiger partial charge in [0, 0.05) is 18.1 Å². The first-order valence-corrected chi connectivity index (χ1v) is 4.39. The topological polar surface area (TPSA) is 25.2 Å². The van der Waals surface area contributed by atoms with Gasteiger partial charge in [-0.25, -0.2) is 0 Å². The summed E-state index contributed by atoms with van der Waals surface area (Å²) in [5.41, 5.74) is 4.59. The van der Waals surface area contributed by atoms with Crippen LogP contribution < -0.4 is 5.32 Å². The Hall–Kier alpha value is -1.44. The summed E-state index contributed by atoms with van der Waals surface area (Å²) in [7, 11) is 1.93. The summed E-state index contributed by atoms with van der Waals surface area (Å²) in [6.07, 6.45) is 1.73. The normalized spacial score (nSPS) is 10.7. The molecule has 0 aliphatic rings. The summed E-state index contributed by atoms with van der Waals surface area (Å²) in [5.74, 6) is 0. The Labute approximate surface area is 77.6 Å². The maximum absolute atomic E-state index is 5.41. The number of rotatable bonds is 1. The van der Waals surface area contributed by atoms with Crippen LogP contribution in [0, 0.1) is 13.8 Å². The summed E-state index contributed by atoms with van der Waals surface area (Å²) in [4.78, 5) is 0. The molecule has 1 aromatic heterocycles. The maximum atomic E-state index is 5.41. The Morgan fingerprint density at radius 2 is 2.00 bits per heavy atom. The van der Waals surface area contributed by atoms with Crippen molar-refractivity contribution in [2.75, 3.05) is 12.4 Å². The van der Waals surface area contributed by atoms with Crippen LogP contribution in [0.4, 0.5) is 5.69 Å². The number of fused-ring (bicyclic) bond motifs is 1. The number of hydrogen-bond donors (Lipinski definition) is 1. The monoisotopic (exact) mass is 175 g/mol. The van der Waals surface area contributed by atoms with Crippen LogP contribution in [0.5, 0.6) is 0 Å². The van der Waals surface area contributed by atoms with Crippen LogP contribution in [0.1, 0.15) is 11.1 Å². The Balaban J connectivity index is 2.88. The zero-order valence-corrected chi connectivity index (χ0v) is 8.14. The lowest BCUT2D eigenvalue weighted by Gasteiger charge is -2.07. The molecular formula is C11H13NO. The van der Waals surface area contributed by atoms with E-state index in [9.17, 15) is 0 Å². The van der Waals surface area contributed by atoms with E-state index in [0.717, 1.165) is 11.3 Å². The second-order valence-corrected chi connectivity index (χ2v) is 3.30. The molecule has 2 aromatic rings. The van der Waals surface area contributed by atoms with Crippen LogP contribution in [0.25, 0.3) is 11.0 Å². The fourth-order valence-corrected chi connectivity index (χ4v) is 1.82. The molecule has 2 heteroatoms. The summed E-state index contributed by atoms with van der Waals surface area (Å²) in [6.45, 7) is 4.17. The van der Waals surface area contributed by atoms with E-state index in [1.54, 1.807) is 6.26 Å². The van der Waals surface area contributed by atoms with E-state index in [-0.39, 0.29) is 0 Å². The number of anilines is 1. The standard InChI is InChI=1S/C11H13NO/c1-7-6-8(2)11-9(4-5-13-11)10(7)12-3/h4-6,12H,1-3H3. The largest absolute Gasteiger partial charge is 0.464 e. The van der Waals surface area contributed by atoms with E-state index in [2.05, 4.69) is 25.2 Å². The molecule has 1 N–H and O–H groups in total. The Morgan fingerprint density at radius 1 is 1.23 bits per heavy atom. The molecule has 2 rings (SSSR count). The maximum Gasteiger partial charge on any atom is 0.138 e. The number of aryl methyl sites for hydroxylation is 2. The lowest BCUT2D eigenvalue weighted by molar-refractivity contribution is 0.613.